The van der Waals surface area contributed by atoms with E-state index in [9.17, 15) is 4.79 Å². The fraction of sp³-hybridized carbons (Fsp3) is 0.400. The first-order chi connectivity index (χ1) is 15.2. The molecule has 162 valence electrons. The van der Waals surface area contributed by atoms with Gasteiger partial charge in [0.15, 0.2) is 5.78 Å². The Morgan fingerprint density at radius 1 is 1.16 bits per heavy atom. The van der Waals surface area contributed by atoms with Crippen LogP contribution in [0.1, 0.15) is 28.0 Å². The number of ketones is 1. The van der Waals surface area contributed by atoms with Gasteiger partial charge in [-0.3, -0.25) is 9.69 Å². The molecule has 2 aromatic carbocycles. The molecule has 2 aliphatic heterocycles. The number of hydrogen-bond donors (Lipinski definition) is 1. The Hall–Kier alpha value is -2.83. The van der Waals surface area contributed by atoms with Crippen LogP contribution in [-0.2, 0) is 6.54 Å². The summed E-state index contributed by atoms with van der Waals surface area (Å²) in [5.41, 5.74) is 3.48. The summed E-state index contributed by atoms with van der Waals surface area (Å²) in [6.45, 7) is 7.96. The van der Waals surface area contributed by atoms with Crippen LogP contribution in [0.15, 0.2) is 42.5 Å². The third-order valence-electron chi connectivity index (χ3n) is 6.46. The van der Waals surface area contributed by atoms with Crippen molar-refractivity contribution >= 4 is 16.7 Å². The lowest BCUT2D eigenvalue weighted by atomic mass is 10.0. The summed E-state index contributed by atoms with van der Waals surface area (Å²) in [5, 5.41) is 4.43. The van der Waals surface area contributed by atoms with Crippen LogP contribution >= 0.6 is 0 Å². The Morgan fingerprint density at radius 2 is 2.00 bits per heavy atom. The summed E-state index contributed by atoms with van der Waals surface area (Å²) in [6, 6.07) is 13.4. The van der Waals surface area contributed by atoms with Crippen molar-refractivity contribution in [1.82, 2.24) is 14.8 Å². The number of ether oxygens (including phenoxy) is 2. The molecule has 1 unspecified atom stereocenters. The van der Waals surface area contributed by atoms with Gasteiger partial charge in [-0.15, -0.1) is 0 Å². The van der Waals surface area contributed by atoms with E-state index in [2.05, 4.69) is 21.7 Å². The molecule has 1 fully saturated rings. The second-order valence-electron chi connectivity index (χ2n) is 8.42. The molecule has 3 heterocycles. The molecule has 1 N–H and O–H groups in total. The van der Waals surface area contributed by atoms with E-state index in [1.54, 1.807) is 7.11 Å². The summed E-state index contributed by atoms with van der Waals surface area (Å²) >= 11 is 0. The molecule has 5 rings (SSSR count). The zero-order chi connectivity index (χ0) is 21.4. The molecule has 1 atom stereocenters. The van der Waals surface area contributed by atoms with Crippen LogP contribution in [-0.4, -0.2) is 61.2 Å². The van der Waals surface area contributed by atoms with E-state index in [4.69, 9.17) is 9.47 Å². The van der Waals surface area contributed by atoms with Crippen LogP contribution in [0.2, 0.25) is 0 Å². The molecule has 0 amide bonds. The molecular formula is C25H29N3O3. The molecule has 2 aliphatic rings. The Balaban J connectivity index is 1.48. The lowest BCUT2D eigenvalue weighted by Gasteiger charge is -2.31. The Morgan fingerprint density at radius 3 is 2.81 bits per heavy atom. The predicted octanol–water partition coefficient (Wildman–Crippen LogP) is 3.25. The van der Waals surface area contributed by atoms with Crippen molar-refractivity contribution in [3.8, 4) is 11.5 Å². The summed E-state index contributed by atoms with van der Waals surface area (Å²) < 4.78 is 13.9. The number of nitrogens with zero attached hydrogens (tertiary/aromatic N) is 2. The zero-order valence-corrected chi connectivity index (χ0v) is 18.2. The molecule has 6 nitrogen and oxygen atoms in total. The van der Waals surface area contributed by atoms with Crippen molar-refractivity contribution in [2.75, 3.05) is 39.8 Å². The second kappa shape index (κ2) is 8.36. The second-order valence-corrected chi connectivity index (χ2v) is 8.42. The highest BCUT2D eigenvalue weighted by atomic mass is 16.5. The Kier molecular flexibility index (Phi) is 5.42. The molecular weight excluding hydrogens is 390 g/mol. The summed E-state index contributed by atoms with van der Waals surface area (Å²) in [6.07, 6.45) is 1.24. The first kappa shape index (κ1) is 20.1. The standard InChI is InChI=1S/C25H29N3O3/c1-17-23(25(29)18-7-9-19(30-2)10-8-18)21-5-3-6-22-24(21)28(17)16-20(31-22)15-27-13-4-11-26-12-14-27/h3,5-10,20,26H,4,11-16H2,1-2H3. The molecule has 31 heavy (non-hydrogen) atoms. The lowest BCUT2D eigenvalue weighted by molar-refractivity contribution is 0.103. The van der Waals surface area contributed by atoms with Crippen molar-refractivity contribution in [3.05, 3.63) is 59.3 Å². The van der Waals surface area contributed by atoms with E-state index >= 15 is 0 Å². The van der Waals surface area contributed by atoms with Crippen molar-refractivity contribution in [2.45, 2.75) is 26.0 Å². The summed E-state index contributed by atoms with van der Waals surface area (Å²) in [7, 11) is 1.63. The lowest BCUT2D eigenvalue weighted by Crippen LogP contribution is -2.41. The number of methoxy groups -OCH3 is 1. The predicted molar refractivity (Wildman–Crippen MR) is 121 cm³/mol. The van der Waals surface area contributed by atoms with Crippen LogP contribution in [0.3, 0.4) is 0 Å². The molecule has 0 aliphatic carbocycles. The number of aromatic nitrogens is 1. The minimum Gasteiger partial charge on any atom is -0.497 e. The fourth-order valence-corrected chi connectivity index (χ4v) is 4.88. The van der Waals surface area contributed by atoms with Crippen LogP contribution < -0.4 is 14.8 Å². The van der Waals surface area contributed by atoms with E-state index in [0.29, 0.717) is 5.56 Å². The number of benzene rings is 2. The van der Waals surface area contributed by atoms with Crippen molar-refractivity contribution in [1.29, 1.82) is 0 Å². The monoisotopic (exact) mass is 419 g/mol. The number of carbonyl (C=O) groups excluding carboxylic acids is 1. The Bertz CT molecular complexity index is 1100. The maximum Gasteiger partial charge on any atom is 0.195 e. The third-order valence-corrected chi connectivity index (χ3v) is 6.46. The highest BCUT2D eigenvalue weighted by molar-refractivity contribution is 6.18. The number of hydrogen-bond acceptors (Lipinski definition) is 5. The molecule has 0 bridgehead atoms. The van der Waals surface area contributed by atoms with Gasteiger partial charge in [0.2, 0.25) is 0 Å². The smallest absolute Gasteiger partial charge is 0.195 e. The van der Waals surface area contributed by atoms with Gasteiger partial charge in [-0.05, 0) is 56.8 Å². The van der Waals surface area contributed by atoms with Crippen LogP contribution in [0.25, 0.3) is 10.9 Å². The fourth-order valence-electron chi connectivity index (χ4n) is 4.88. The van der Waals surface area contributed by atoms with Gasteiger partial charge in [-0.2, -0.15) is 0 Å². The van der Waals surface area contributed by atoms with Gasteiger partial charge in [0.1, 0.15) is 17.6 Å². The number of rotatable bonds is 5. The minimum atomic E-state index is 0.0399. The van der Waals surface area contributed by atoms with Gasteiger partial charge < -0.3 is 19.4 Å². The topological polar surface area (TPSA) is 55.7 Å². The van der Waals surface area contributed by atoms with Crippen molar-refractivity contribution in [2.24, 2.45) is 0 Å². The van der Waals surface area contributed by atoms with Gasteiger partial charge >= 0.3 is 0 Å². The molecule has 6 heteroatoms. The number of para-hydroxylation sites is 1. The molecule has 0 radical (unpaired) electrons. The summed E-state index contributed by atoms with van der Waals surface area (Å²) in [5.74, 6) is 1.66. The molecule has 1 saturated heterocycles. The quantitative estimate of drug-likeness (QED) is 0.644. The summed E-state index contributed by atoms with van der Waals surface area (Å²) in [4.78, 5) is 16.0. The molecule has 1 aromatic heterocycles. The Labute approximate surface area is 182 Å². The highest BCUT2D eigenvalue weighted by Gasteiger charge is 2.30. The largest absolute Gasteiger partial charge is 0.497 e. The van der Waals surface area contributed by atoms with Crippen molar-refractivity contribution in [3.63, 3.8) is 0 Å². The number of carbonyl (C=O) groups is 1. The first-order valence-electron chi connectivity index (χ1n) is 11.1. The van der Waals surface area contributed by atoms with E-state index < -0.39 is 0 Å². The van der Waals surface area contributed by atoms with Crippen molar-refractivity contribution < 1.29 is 14.3 Å². The van der Waals surface area contributed by atoms with Crippen LogP contribution in [0.4, 0.5) is 0 Å². The van der Waals surface area contributed by atoms with Gasteiger partial charge in [0.05, 0.1) is 24.7 Å². The van der Waals surface area contributed by atoms with E-state index in [-0.39, 0.29) is 11.9 Å². The maximum absolute atomic E-state index is 13.5. The molecule has 0 saturated carbocycles. The van der Waals surface area contributed by atoms with Gasteiger partial charge in [-0.25, -0.2) is 0 Å². The SMILES string of the molecule is COc1ccc(C(=O)c2c(C)n3c4c(cccc24)OC(CN2CCCNCC2)C3)cc1. The maximum atomic E-state index is 13.5. The van der Waals surface area contributed by atoms with Gasteiger partial charge in [0, 0.05) is 36.3 Å². The first-order valence-corrected chi connectivity index (χ1v) is 11.1. The highest BCUT2D eigenvalue weighted by Crippen LogP contribution is 2.37. The average Bonchev–Trinajstić information content (AvgIpc) is 2.94. The van der Waals surface area contributed by atoms with Gasteiger partial charge in [0.25, 0.3) is 0 Å². The molecule has 0 spiro atoms. The van der Waals surface area contributed by atoms with Crippen LogP contribution in [0, 0.1) is 6.92 Å². The van der Waals surface area contributed by atoms with Gasteiger partial charge in [-0.1, -0.05) is 12.1 Å². The minimum absolute atomic E-state index is 0.0399. The van der Waals surface area contributed by atoms with E-state index in [1.165, 1.54) is 0 Å². The van der Waals surface area contributed by atoms with Crippen LogP contribution in [0.5, 0.6) is 11.5 Å². The third kappa shape index (κ3) is 3.70. The normalized spacial score (nSPS) is 19.1. The zero-order valence-electron chi connectivity index (χ0n) is 18.2. The average molecular weight is 420 g/mol. The van der Waals surface area contributed by atoms with E-state index in [0.717, 1.165) is 79.3 Å². The number of nitrogens with one attached hydrogen (secondary N) is 1. The molecule has 3 aromatic rings. The van der Waals surface area contributed by atoms with E-state index in [1.807, 2.05) is 42.5 Å².